The average Bonchev–Trinajstić information content (AvgIpc) is 3.18. The molecule has 0 aliphatic carbocycles. The number of nitrogens with one attached hydrogen (secondary N) is 2. The molecule has 180 valence electrons. The van der Waals surface area contributed by atoms with Crippen LogP contribution in [0.4, 0.5) is 24.5 Å². The van der Waals surface area contributed by atoms with Crippen LogP contribution in [0.5, 0.6) is 0 Å². The van der Waals surface area contributed by atoms with Gasteiger partial charge in [-0.3, -0.25) is 9.59 Å². The third kappa shape index (κ3) is 4.62. The summed E-state index contributed by atoms with van der Waals surface area (Å²) in [5, 5.41) is 9.44. The first-order valence-corrected chi connectivity index (χ1v) is 11.3. The van der Waals surface area contributed by atoms with Crippen molar-refractivity contribution in [2.45, 2.75) is 26.1 Å². The number of hydrogen-bond donors (Lipinski definition) is 2. The average molecular weight is 561 g/mol. The molecule has 2 aromatic heterocycles. The summed E-state index contributed by atoms with van der Waals surface area (Å²) in [4.78, 5) is 32.1. The Morgan fingerprint density at radius 1 is 1.35 bits per heavy atom. The molecule has 1 aliphatic heterocycles. The van der Waals surface area contributed by atoms with Crippen LogP contribution in [0.1, 0.15) is 18.2 Å². The highest BCUT2D eigenvalue weighted by atomic mass is 79.9. The van der Waals surface area contributed by atoms with Gasteiger partial charge in [-0.05, 0) is 40.5 Å². The normalized spacial score (nSPS) is 13.9. The Morgan fingerprint density at radius 3 is 2.74 bits per heavy atom. The van der Waals surface area contributed by atoms with Gasteiger partial charge in [-0.25, -0.2) is 0 Å². The van der Waals surface area contributed by atoms with E-state index in [1.807, 2.05) is 6.92 Å². The van der Waals surface area contributed by atoms with Gasteiger partial charge in [-0.1, -0.05) is 18.5 Å². The van der Waals surface area contributed by atoms with E-state index < -0.39 is 17.6 Å². The minimum absolute atomic E-state index is 0.0303. The molecule has 0 spiro atoms. The first-order chi connectivity index (χ1) is 16.1. The van der Waals surface area contributed by atoms with Crippen molar-refractivity contribution in [1.29, 1.82) is 0 Å². The molecule has 0 unspecified atom stereocenters. The van der Waals surface area contributed by atoms with Crippen molar-refractivity contribution in [2.24, 2.45) is 0 Å². The maximum absolute atomic E-state index is 13.2. The summed E-state index contributed by atoms with van der Waals surface area (Å²) in [5.74, 6) is -0.423. The molecule has 34 heavy (non-hydrogen) atoms. The number of amides is 1. The lowest BCUT2D eigenvalue weighted by Gasteiger charge is -2.27. The molecule has 0 fully saturated rings. The lowest BCUT2D eigenvalue weighted by molar-refractivity contribution is -0.137. The summed E-state index contributed by atoms with van der Waals surface area (Å²) in [6, 6.07) is 2.67. The second-order valence-corrected chi connectivity index (χ2v) is 8.45. The monoisotopic (exact) mass is 559 g/mol. The van der Waals surface area contributed by atoms with Gasteiger partial charge in [0.2, 0.25) is 16.4 Å². The van der Waals surface area contributed by atoms with Crippen molar-refractivity contribution in [3.8, 4) is 0 Å². The van der Waals surface area contributed by atoms with Gasteiger partial charge in [0.25, 0.3) is 5.56 Å². The molecule has 0 saturated heterocycles. The van der Waals surface area contributed by atoms with Crippen LogP contribution in [0.25, 0.3) is 5.78 Å². The van der Waals surface area contributed by atoms with Crippen molar-refractivity contribution in [3.05, 3.63) is 62.0 Å². The molecule has 0 radical (unpaired) electrons. The van der Waals surface area contributed by atoms with E-state index in [-0.39, 0.29) is 33.3 Å². The van der Waals surface area contributed by atoms with Crippen LogP contribution in [0.15, 0.2) is 40.1 Å². The van der Waals surface area contributed by atoms with Crippen molar-refractivity contribution in [3.63, 3.8) is 0 Å². The van der Waals surface area contributed by atoms with Gasteiger partial charge in [-0.15, -0.1) is 5.10 Å². The summed E-state index contributed by atoms with van der Waals surface area (Å²) >= 11 is 9.14. The molecule has 1 amide bonds. The van der Waals surface area contributed by atoms with E-state index in [4.69, 9.17) is 11.6 Å². The predicted octanol–water partition coefficient (Wildman–Crippen LogP) is 3.41. The Labute approximate surface area is 204 Å². The van der Waals surface area contributed by atoms with Gasteiger partial charge in [-0.2, -0.15) is 22.7 Å². The van der Waals surface area contributed by atoms with Crippen LogP contribution >= 0.6 is 27.5 Å². The molecule has 14 heteroatoms. The van der Waals surface area contributed by atoms with Crippen molar-refractivity contribution in [2.75, 3.05) is 23.3 Å². The van der Waals surface area contributed by atoms with Gasteiger partial charge in [0.1, 0.15) is 12.2 Å². The topological polar surface area (TPSA) is 96.6 Å². The van der Waals surface area contributed by atoms with Gasteiger partial charge in [0.05, 0.1) is 22.0 Å². The predicted molar refractivity (Wildman–Crippen MR) is 124 cm³/mol. The number of benzene rings is 1. The zero-order valence-electron chi connectivity index (χ0n) is 17.7. The Kier molecular flexibility index (Phi) is 6.58. The zero-order chi connectivity index (χ0) is 24.6. The summed E-state index contributed by atoms with van der Waals surface area (Å²) in [5.41, 5.74) is -0.377. The summed E-state index contributed by atoms with van der Waals surface area (Å²) in [7, 11) is 0. The Hall–Kier alpha value is -3.06. The molecule has 1 aliphatic rings. The fourth-order valence-electron chi connectivity index (χ4n) is 3.67. The smallest absolute Gasteiger partial charge is 0.388 e. The third-order valence-electron chi connectivity index (χ3n) is 5.16. The number of anilines is 2. The molecular weight excluding hydrogens is 543 g/mol. The second-order valence-electron chi connectivity index (χ2n) is 7.34. The van der Waals surface area contributed by atoms with E-state index in [9.17, 15) is 22.8 Å². The van der Waals surface area contributed by atoms with E-state index in [1.54, 1.807) is 21.9 Å². The SMILES string of the molecule is CCc1c(N2C=CNCC2)c(=O)n2nc(Br)nc2n1CC(=O)Nc1ccc(C(F)(F)F)cc1Cl. The first kappa shape index (κ1) is 24.1. The molecular formula is C20H18BrClF3N7O2. The van der Waals surface area contributed by atoms with Gasteiger partial charge >= 0.3 is 6.18 Å². The maximum Gasteiger partial charge on any atom is 0.416 e. The van der Waals surface area contributed by atoms with Gasteiger partial charge in [0.15, 0.2) is 0 Å². The summed E-state index contributed by atoms with van der Waals surface area (Å²) in [6.45, 7) is 2.70. The number of hydrogen-bond acceptors (Lipinski definition) is 6. The van der Waals surface area contributed by atoms with E-state index in [0.717, 1.165) is 22.7 Å². The number of rotatable bonds is 5. The van der Waals surface area contributed by atoms with E-state index in [2.05, 4.69) is 36.6 Å². The number of halogens is 5. The zero-order valence-corrected chi connectivity index (χ0v) is 20.0. The number of aromatic nitrogens is 4. The number of carbonyl (C=O) groups is 1. The van der Waals surface area contributed by atoms with Crippen molar-refractivity contribution in [1.82, 2.24) is 24.5 Å². The largest absolute Gasteiger partial charge is 0.416 e. The maximum atomic E-state index is 13.2. The number of nitrogens with zero attached hydrogens (tertiary/aromatic N) is 5. The Morgan fingerprint density at radius 2 is 2.12 bits per heavy atom. The quantitative estimate of drug-likeness (QED) is 0.497. The number of alkyl halides is 3. The minimum atomic E-state index is -4.56. The highest BCUT2D eigenvalue weighted by Gasteiger charge is 2.31. The fourth-order valence-corrected chi connectivity index (χ4v) is 4.22. The van der Waals surface area contributed by atoms with Gasteiger partial charge < -0.3 is 20.1 Å². The Bertz CT molecular complexity index is 1350. The van der Waals surface area contributed by atoms with Crippen LogP contribution in [0, 0.1) is 0 Å². The number of carbonyl (C=O) groups excluding carboxylic acids is 1. The molecule has 1 aromatic carbocycles. The lowest BCUT2D eigenvalue weighted by Crippen LogP contribution is -2.38. The molecule has 3 aromatic rings. The molecule has 0 atom stereocenters. The second kappa shape index (κ2) is 9.29. The highest BCUT2D eigenvalue weighted by Crippen LogP contribution is 2.33. The van der Waals surface area contributed by atoms with Gasteiger partial charge in [0, 0.05) is 25.5 Å². The first-order valence-electron chi connectivity index (χ1n) is 10.1. The standard InChI is InChI=1S/C20H18BrClF3N7O2/c1-2-14-16(30-7-5-26-6-8-30)17(34)32-19(28-18(21)29-32)31(14)10-15(33)27-13-4-3-11(9-12(13)22)20(23,24)25/h3-5,7,9,26H,2,6,8,10H2,1H3,(H,27,33). The van der Waals surface area contributed by atoms with Crippen molar-refractivity contribution < 1.29 is 18.0 Å². The van der Waals surface area contributed by atoms with E-state index >= 15 is 0 Å². The number of fused-ring (bicyclic) bond motifs is 1. The molecule has 2 N–H and O–H groups in total. The van der Waals surface area contributed by atoms with Crippen LogP contribution < -0.4 is 21.1 Å². The van der Waals surface area contributed by atoms with Crippen LogP contribution in [-0.4, -0.2) is 38.2 Å². The Balaban J connectivity index is 1.73. The van der Waals surface area contributed by atoms with Crippen LogP contribution in [-0.2, 0) is 23.9 Å². The molecule has 9 nitrogen and oxygen atoms in total. The lowest BCUT2D eigenvalue weighted by atomic mass is 10.2. The fraction of sp³-hybridized carbons (Fsp3) is 0.300. The van der Waals surface area contributed by atoms with Crippen LogP contribution in [0.2, 0.25) is 5.02 Å². The van der Waals surface area contributed by atoms with Crippen LogP contribution in [0.3, 0.4) is 0 Å². The molecule has 3 heterocycles. The van der Waals surface area contributed by atoms with Crippen molar-refractivity contribution >= 4 is 50.6 Å². The molecule has 0 bridgehead atoms. The molecule has 4 rings (SSSR count). The van der Waals surface area contributed by atoms with E-state index in [1.165, 1.54) is 0 Å². The minimum Gasteiger partial charge on any atom is -0.388 e. The molecule has 0 saturated carbocycles. The highest BCUT2D eigenvalue weighted by molar-refractivity contribution is 9.10. The third-order valence-corrected chi connectivity index (χ3v) is 5.81. The van der Waals surface area contributed by atoms with E-state index in [0.29, 0.717) is 30.9 Å². The summed E-state index contributed by atoms with van der Waals surface area (Å²) < 4.78 is 41.5. The summed E-state index contributed by atoms with van der Waals surface area (Å²) in [6.07, 6.45) is -0.714.